The van der Waals surface area contributed by atoms with E-state index < -0.39 is 6.10 Å². The van der Waals surface area contributed by atoms with E-state index in [-0.39, 0.29) is 19.0 Å². The van der Waals surface area contributed by atoms with Crippen molar-refractivity contribution in [1.82, 2.24) is 9.55 Å². The number of rotatable bonds is 7. The van der Waals surface area contributed by atoms with Crippen molar-refractivity contribution in [2.24, 2.45) is 0 Å². The molecule has 1 aromatic heterocycles. The Bertz CT molecular complexity index is 888. The van der Waals surface area contributed by atoms with Crippen molar-refractivity contribution in [3.05, 3.63) is 54.4 Å². The normalized spacial score (nSPS) is 15.4. The van der Waals surface area contributed by atoms with Gasteiger partial charge in [0.05, 0.1) is 24.7 Å². The number of ether oxygens (including phenoxy) is 2. The lowest BCUT2D eigenvalue weighted by molar-refractivity contribution is 0.0924. The molecule has 150 valence electrons. The van der Waals surface area contributed by atoms with Gasteiger partial charge in [-0.15, -0.1) is 12.4 Å². The summed E-state index contributed by atoms with van der Waals surface area (Å²) in [5, 5.41) is 10.6. The molecular formula is C22H27ClN2O3. The zero-order chi connectivity index (χ0) is 18.6. The molecule has 3 aromatic rings. The third kappa shape index (κ3) is 4.42. The summed E-state index contributed by atoms with van der Waals surface area (Å²) in [6.45, 7) is 0.728. The molecule has 0 amide bonds. The summed E-state index contributed by atoms with van der Waals surface area (Å²) in [6, 6.07) is 15.6. The number of para-hydroxylation sites is 2. The fourth-order valence-electron chi connectivity index (χ4n) is 3.91. The van der Waals surface area contributed by atoms with Crippen molar-refractivity contribution in [2.75, 3.05) is 13.7 Å². The van der Waals surface area contributed by atoms with Crippen LogP contribution in [0.1, 0.15) is 37.4 Å². The number of aromatic nitrogens is 2. The van der Waals surface area contributed by atoms with Crippen molar-refractivity contribution < 1.29 is 14.6 Å². The van der Waals surface area contributed by atoms with E-state index in [0.717, 1.165) is 28.4 Å². The van der Waals surface area contributed by atoms with Gasteiger partial charge in [0.25, 0.3) is 0 Å². The van der Waals surface area contributed by atoms with Crippen LogP contribution < -0.4 is 9.47 Å². The number of hydrogen-bond acceptors (Lipinski definition) is 4. The van der Waals surface area contributed by atoms with Crippen LogP contribution in [0.5, 0.6) is 11.5 Å². The molecule has 4 rings (SSSR count). The molecule has 0 saturated heterocycles. The SMILES string of the molecule is COc1ccc(OCC(O)Cn2c(C3CCCC3)nc3ccccc32)cc1.Cl. The number of halogens is 1. The molecule has 1 heterocycles. The molecule has 2 aromatic carbocycles. The van der Waals surface area contributed by atoms with Crippen LogP contribution in [-0.4, -0.2) is 34.5 Å². The molecule has 1 aliphatic rings. The first kappa shape index (κ1) is 20.5. The predicted octanol–water partition coefficient (Wildman–Crippen LogP) is 4.56. The highest BCUT2D eigenvalue weighted by atomic mass is 35.5. The van der Waals surface area contributed by atoms with Crippen LogP contribution in [0.25, 0.3) is 11.0 Å². The van der Waals surface area contributed by atoms with Gasteiger partial charge in [0.15, 0.2) is 0 Å². The minimum absolute atomic E-state index is 0. The summed E-state index contributed by atoms with van der Waals surface area (Å²) in [7, 11) is 1.64. The Morgan fingerprint density at radius 2 is 1.75 bits per heavy atom. The van der Waals surface area contributed by atoms with Crippen molar-refractivity contribution in [2.45, 2.75) is 44.2 Å². The van der Waals surface area contributed by atoms with Crippen LogP contribution in [0.15, 0.2) is 48.5 Å². The second-order valence-corrected chi connectivity index (χ2v) is 7.19. The molecule has 0 aliphatic heterocycles. The van der Waals surface area contributed by atoms with Gasteiger partial charge in [-0.2, -0.15) is 0 Å². The molecule has 0 spiro atoms. The lowest BCUT2D eigenvalue weighted by Gasteiger charge is -2.18. The number of imidazole rings is 1. The third-order valence-electron chi connectivity index (χ3n) is 5.30. The highest BCUT2D eigenvalue weighted by molar-refractivity contribution is 5.85. The van der Waals surface area contributed by atoms with Crippen molar-refractivity contribution >= 4 is 23.4 Å². The Morgan fingerprint density at radius 1 is 1.07 bits per heavy atom. The summed E-state index contributed by atoms with van der Waals surface area (Å²) in [4.78, 5) is 4.88. The maximum atomic E-state index is 10.6. The topological polar surface area (TPSA) is 56.5 Å². The van der Waals surface area contributed by atoms with E-state index in [1.165, 1.54) is 25.7 Å². The Kier molecular flexibility index (Phi) is 6.81. The van der Waals surface area contributed by atoms with Crippen LogP contribution in [-0.2, 0) is 6.54 Å². The minimum Gasteiger partial charge on any atom is -0.497 e. The van der Waals surface area contributed by atoms with E-state index in [9.17, 15) is 5.11 Å². The van der Waals surface area contributed by atoms with E-state index in [4.69, 9.17) is 14.5 Å². The van der Waals surface area contributed by atoms with Gasteiger partial charge in [-0.05, 0) is 49.2 Å². The Morgan fingerprint density at radius 3 is 2.46 bits per heavy atom. The number of aliphatic hydroxyl groups is 1. The molecule has 0 bridgehead atoms. The Balaban J connectivity index is 0.00000225. The number of benzene rings is 2. The number of hydrogen-bond donors (Lipinski definition) is 1. The van der Waals surface area contributed by atoms with Gasteiger partial charge in [-0.3, -0.25) is 0 Å². The zero-order valence-corrected chi connectivity index (χ0v) is 16.9. The number of nitrogens with zero attached hydrogens (tertiary/aromatic N) is 2. The molecule has 1 atom stereocenters. The Labute approximate surface area is 171 Å². The van der Waals surface area contributed by atoms with E-state index >= 15 is 0 Å². The maximum absolute atomic E-state index is 10.6. The van der Waals surface area contributed by atoms with Crippen LogP contribution in [0.3, 0.4) is 0 Å². The average molecular weight is 403 g/mol. The first-order valence-electron chi connectivity index (χ1n) is 9.64. The Hall–Kier alpha value is -2.24. The standard InChI is InChI=1S/C22H26N2O3.ClH/c1-26-18-10-12-19(13-11-18)27-15-17(25)14-24-21-9-5-4-8-20(21)23-22(24)16-6-2-3-7-16;/h4-5,8-13,16-17,25H,2-3,6-7,14-15H2,1H3;1H. The van der Waals surface area contributed by atoms with Crippen LogP contribution in [0, 0.1) is 0 Å². The monoisotopic (exact) mass is 402 g/mol. The van der Waals surface area contributed by atoms with Gasteiger partial charge >= 0.3 is 0 Å². The number of methoxy groups -OCH3 is 1. The number of fused-ring (bicyclic) bond motifs is 1. The smallest absolute Gasteiger partial charge is 0.119 e. The van der Waals surface area contributed by atoms with Gasteiger partial charge in [-0.25, -0.2) is 4.98 Å². The fourth-order valence-corrected chi connectivity index (χ4v) is 3.91. The second kappa shape index (κ2) is 9.30. The van der Waals surface area contributed by atoms with Gasteiger partial charge in [0.2, 0.25) is 0 Å². The summed E-state index contributed by atoms with van der Waals surface area (Å²) < 4.78 is 13.1. The van der Waals surface area contributed by atoms with Gasteiger partial charge in [-0.1, -0.05) is 25.0 Å². The summed E-state index contributed by atoms with van der Waals surface area (Å²) in [5.74, 6) is 3.11. The quantitative estimate of drug-likeness (QED) is 0.629. The first-order valence-corrected chi connectivity index (χ1v) is 9.64. The molecular weight excluding hydrogens is 376 g/mol. The lowest BCUT2D eigenvalue weighted by Crippen LogP contribution is -2.25. The molecule has 5 nitrogen and oxygen atoms in total. The molecule has 1 saturated carbocycles. The summed E-state index contributed by atoms with van der Waals surface area (Å²) in [5.41, 5.74) is 2.09. The molecule has 0 radical (unpaired) electrons. The lowest BCUT2D eigenvalue weighted by atomic mass is 10.1. The zero-order valence-electron chi connectivity index (χ0n) is 16.1. The third-order valence-corrected chi connectivity index (χ3v) is 5.30. The van der Waals surface area contributed by atoms with Gasteiger partial charge in [0.1, 0.15) is 30.0 Å². The van der Waals surface area contributed by atoms with Crippen molar-refractivity contribution in [1.29, 1.82) is 0 Å². The highest BCUT2D eigenvalue weighted by Crippen LogP contribution is 2.35. The van der Waals surface area contributed by atoms with Crippen molar-refractivity contribution in [3.63, 3.8) is 0 Å². The second-order valence-electron chi connectivity index (χ2n) is 7.19. The summed E-state index contributed by atoms with van der Waals surface area (Å²) >= 11 is 0. The van der Waals surface area contributed by atoms with E-state index in [1.54, 1.807) is 7.11 Å². The maximum Gasteiger partial charge on any atom is 0.119 e. The molecule has 6 heteroatoms. The summed E-state index contributed by atoms with van der Waals surface area (Å²) in [6.07, 6.45) is 4.28. The highest BCUT2D eigenvalue weighted by Gasteiger charge is 2.24. The first-order chi connectivity index (χ1) is 13.2. The molecule has 1 unspecified atom stereocenters. The van der Waals surface area contributed by atoms with E-state index in [2.05, 4.69) is 10.6 Å². The van der Waals surface area contributed by atoms with Gasteiger partial charge in [0, 0.05) is 5.92 Å². The predicted molar refractivity (Wildman–Crippen MR) is 113 cm³/mol. The molecule has 1 fully saturated rings. The largest absolute Gasteiger partial charge is 0.497 e. The average Bonchev–Trinajstić information content (AvgIpc) is 3.35. The fraction of sp³-hybridized carbons (Fsp3) is 0.409. The van der Waals surface area contributed by atoms with E-state index in [0.29, 0.717) is 12.5 Å². The van der Waals surface area contributed by atoms with Crippen LogP contribution in [0.4, 0.5) is 0 Å². The minimum atomic E-state index is -0.607. The molecule has 1 aliphatic carbocycles. The van der Waals surface area contributed by atoms with E-state index in [1.807, 2.05) is 42.5 Å². The van der Waals surface area contributed by atoms with Gasteiger partial charge < -0.3 is 19.1 Å². The molecule has 28 heavy (non-hydrogen) atoms. The molecule has 1 N–H and O–H groups in total. The van der Waals surface area contributed by atoms with Crippen molar-refractivity contribution in [3.8, 4) is 11.5 Å². The van der Waals surface area contributed by atoms with Crippen LogP contribution in [0.2, 0.25) is 0 Å². The number of aliphatic hydroxyl groups excluding tert-OH is 1. The van der Waals surface area contributed by atoms with Crippen LogP contribution >= 0.6 is 12.4 Å².